The van der Waals surface area contributed by atoms with Crippen LogP contribution in [0.4, 0.5) is 0 Å². The molecule has 2 nitrogen and oxygen atoms in total. The Hall–Kier alpha value is -2.01. The minimum Gasteiger partial charge on any atom is -0.463 e. The first-order valence-corrected chi connectivity index (χ1v) is 7.75. The van der Waals surface area contributed by atoms with Gasteiger partial charge in [0, 0.05) is 17.6 Å². The fourth-order valence-electron chi connectivity index (χ4n) is 2.54. The van der Waals surface area contributed by atoms with E-state index in [0.717, 1.165) is 11.1 Å². The van der Waals surface area contributed by atoms with Crippen molar-refractivity contribution in [1.29, 1.82) is 0 Å². The molecule has 1 fully saturated rings. The highest BCUT2D eigenvalue weighted by Gasteiger charge is 2.10. The van der Waals surface area contributed by atoms with Gasteiger partial charge in [0.25, 0.3) is 0 Å². The number of ether oxygens (including phenoxy) is 1. The van der Waals surface area contributed by atoms with E-state index in [1.807, 2.05) is 37.3 Å². The Morgan fingerprint density at radius 3 is 2.62 bits per heavy atom. The quantitative estimate of drug-likeness (QED) is 0.471. The zero-order chi connectivity index (χ0) is 14.9. The number of benzene rings is 1. The van der Waals surface area contributed by atoms with Gasteiger partial charge in [-0.1, -0.05) is 61.4 Å². The maximum atomic E-state index is 11.7. The van der Waals surface area contributed by atoms with E-state index in [0.29, 0.717) is 12.5 Å². The lowest BCUT2D eigenvalue weighted by Crippen LogP contribution is -2.03. The van der Waals surface area contributed by atoms with Gasteiger partial charge in [0.15, 0.2) is 0 Å². The van der Waals surface area contributed by atoms with Crippen molar-refractivity contribution in [2.45, 2.75) is 39.0 Å². The Morgan fingerprint density at radius 2 is 1.95 bits per heavy atom. The topological polar surface area (TPSA) is 26.3 Å². The third kappa shape index (κ3) is 5.11. The molecule has 1 aromatic carbocycles. The summed E-state index contributed by atoms with van der Waals surface area (Å²) in [4.78, 5) is 11.7. The summed E-state index contributed by atoms with van der Waals surface area (Å²) >= 11 is 0. The zero-order valence-electron chi connectivity index (χ0n) is 12.6. The summed E-state index contributed by atoms with van der Waals surface area (Å²) in [6.45, 7) is 2.19. The third-order valence-corrected chi connectivity index (χ3v) is 3.65. The maximum absolute atomic E-state index is 11.7. The van der Waals surface area contributed by atoms with Crippen molar-refractivity contribution in [1.82, 2.24) is 0 Å². The standard InChI is InChI=1S/C19H22O2/c1-2-21-19(20)15-18(17-11-7-4-8-12-17)14-13-16-9-5-3-6-10-16/h4,7-8,11-12,15-16H,2-3,5-6,9-10H2,1H3/b18-15+. The lowest BCUT2D eigenvalue weighted by molar-refractivity contribution is -0.137. The van der Waals surface area contributed by atoms with Gasteiger partial charge in [-0.2, -0.15) is 0 Å². The monoisotopic (exact) mass is 282 g/mol. The van der Waals surface area contributed by atoms with Gasteiger partial charge in [0.1, 0.15) is 0 Å². The number of carbonyl (C=O) groups is 1. The highest BCUT2D eigenvalue weighted by Crippen LogP contribution is 2.23. The van der Waals surface area contributed by atoms with Crippen molar-refractivity contribution in [2.24, 2.45) is 5.92 Å². The summed E-state index contributed by atoms with van der Waals surface area (Å²) in [6, 6.07) is 9.81. The average Bonchev–Trinajstić information content (AvgIpc) is 2.53. The van der Waals surface area contributed by atoms with Crippen molar-refractivity contribution < 1.29 is 9.53 Å². The second-order valence-corrected chi connectivity index (χ2v) is 5.28. The summed E-state index contributed by atoms with van der Waals surface area (Å²) in [5.41, 5.74) is 1.72. The third-order valence-electron chi connectivity index (χ3n) is 3.65. The molecule has 0 saturated heterocycles. The van der Waals surface area contributed by atoms with Crippen molar-refractivity contribution >= 4 is 11.5 Å². The van der Waals surface area contributed by atoms with Crippen LogP contribution in [0.15, 0.2) is 36.4 Å². The van der Waals surface area contributed by atoms with Gasteiger partial charge in [-0.3, -0.25) is 0 Å². The van der Waals surface area contributed by atoms with Crippen LogP contribution in [-0.4, -0.2) is 12.6 Å². The SMILES string of the molecule is CCOC(=O)/C=C(\C#CC1CCCCC1)c1ccccc1. The van der Waals surface area contributed by atoms with Crippen LogP contribution in [0.5, 0.6) is 0 Å². The average molecular weight is 282 g/mol. The van der Waals surface area contributed by atoms with Crippen molar-refractivity contribution in [3.05, 3.63) is 42.0 Å². The lowest BCUT2D eigenvalue weighted by atomic mass is 9.89. The molecule has 2 heteroatoms. The molecule has 1 aliphatic carbocycles. The minimum atomic E-state index is -0.325. The van der Waals surface area contributed by atoms with Crippen LogP contribution in [0.2, 0.25) is 0 Å². The lowest BCUT2D eigenvalue weighted by Gasteiger charge is -2.15. The summed E-state index contributed by atoms with van der Waals surface area (Å²) in [5.74, 6) is 6.69. The van der Waals surface area contributed by atoms with E-state index in [1.165, 1.54) is 38.2 Å². The molecule has 0 heterocycles. The summed E-state index contributed by atoms with van der Waals surface area (Å²) < 4.78 is 5.00. The van der Waals surface area contributed by atoms with Crippen molar-refractivity contribution in [3.63, 3.8) is 0 Å². The van der Waals surface area contributed by atoms with Crippen LogP contribution in [-0.2, 0) is 9.53 Å². The molecule has 0 aliphatic heterocycles. The Kier molecular flexibility index (Phi) is 6.09. The molecule has 0 amide bonds. The molecule has 1 saturated carbocycles. The first-order valence-electron chi connectivity index (χ1n) is 7.75. The van der Waals surface area contributed by atoms with E-state index >= 15 is 0 Å². The highest BCUT2D eigenvalue weighted by molar-refractivity contribution is 5.96. The molecule has 2 rings (SSSR count). The van der Waals surface area contributed by atoms with Crippen LogP contribution in [0.1, 0.15) is 44.6 Å². The van der Waals surface area contributed by atoms with E-state index in [4.69, 9.17) is 4.74 Å². The maximum Gasteiger partial charge on any atom is 0.332 e. The second kappa shape index (κ2) is 8.32. The van der Waals surface area contributed by atoms with E-state index < -0.39 is 0 Å². The van der Waals surface area contributed by atoms with E-state index in [9.17, 15) is 4.79 Å². The molecule has 1 aliphatic rings. The number of allylic oxidation sites excluding steroid dienone is 1. The van der Waals surface area contributed by atoms with E-state index in [-0.39, 0.29) is 5.97 Å². The summed E-state index contributed by atoms with van der Waals surface area (Å²) in [5, 5.41) is 0. The van der Waals surface area contributed by atoms with Crippen molar-refractivity contribution in [2.75, 3.05) is 6.61 Å². The number of esters is 1. The largest absolute Gasteiger partial charge is 0.463 e. The fourth-order valence-corrected chi connectivity index (χ4v) is 2.54. The Bertz CT molecular complexity index is 540. The van der Waals surface area contributed by atoms with Gasteiger partial charge < -0.3 is 4.74 Å². The van der Waals surface area contributed by atoms with Crippen LogP contribution in [0.25, 0.3) is 5.57 Å². The smallest absolute Gasteiger partial charge is 0.332 e. The molecule has 0 bridgehead atoms. The van der Waals surface area contributed by atoms with Crippen LogP contribution < -0.4 is 0 Å². The van der Waals surface area contributed by atoms with Crippen molar-refractivity contribution in [3.8, 4) is 11.8 Å². The number of rotatable bonds is 3. The molecule has 0 unspecified atom stereocenters. The van der Waals surface area contributed by atoms with Gasteiger partial charge in [-0.25, -0.2) is 4.79 Å². The van der Waals surface area contributed by atoms with E-state index in [2.05, 4.69) is 11.8 Å². The van der Waals surface area contributed by atoms with Crippen LogP contribution >= 0.6 is 0 Å². The second-order valence-electron chi connectivity index (χ2n) is 5.28. The van der Waals surface area contributed by atoms with Gasteiger partial charge in [-0.15, -0.1) is 0 Å². The molecule has 0 aromatic heterocycles. The first kappa shape index (κ1) is 15.4. The molecule has 0 atom stereocenters. The summed E-state index contributed by atoms with van der Waals surface area (Å²) in [7, 11) is 0. The predicted molar refractivity (Wildman–Crippen MR) is 85.4 cm³/mol. The van der Waals surface area contributed by atoms with Gasteiger partial charge >= 0.3 is 5.97 Å². The number of hydrogen-bond donors (Lipinski definition) is 0. The van der Waals surface area contributed by atoms with Gasteiger partial charge in [0.2, 0.25) is 0 Å². The van der Waals surface area contributed by atoms with Gasteiger partial charge in [-0.05, 0) is 25.3 Å². The molecule has 1 aromatic rings. The molecule has 110 valence electrons. The Balaban J connectivity index is 2.20. The predicted octanol–water partition coefficient (Wildman–Crippen LogP) is 4.22. The molecular weight excluding hydrogens is 260 g/mol. The van der Waals surface area contributed by atoms with E-state index in [1.54, 1.807) is 0 Å². The molecule has 0 N–H and O–H groups in total. The molecular formula is C19H22O2. The van der Waals surface area contributed by atoms with Crippen LogP contribution in [0, 0.1) is 17.8 Å². The number of hydrogen-bond acceptors (Lipinski definition) is 2. The number of carbonyl (C=O) groups excluding carboxylic acids is 1. The molecule has 0 radical (unpaired) electrons. The van der Waals surface area contributed by atoms with Crippen LogP contribution in [0.3, 0.4) is 0 Å². The highest BCUT2D eigenvalue weighted by atomic mass is 16.5. The normalized spacial score (nSPS) is 16.0. The molecule has 0 spiro atoms. The fraction of sp³-hybridized carbons (Fsp3) is 0.421. The summed E-state index contributed by atoms with van der Waals surface area (Å²) in [6.07, 6.45) is 7.71. The Morgan fingerprint density at radius 1 is 1.24 bits per heavy atom. The zero-order valence-corrected chi connectivity index (χ0v) is 12.6. The Labute approximate surface area is 127 Å². The molecule has 21 heavy (non-hydrogen) atoms. The first-order chi connectivity index (χ1) is 10.3. The minimum absolute atomic E-state index is 0.325. The van der Waals surface area contributed by atoms with Gasteiger partial charge in [0.05, 0.1) is 6.61 Å².